The minimum absolute atomic E-state index is 0.00908. The van der Waals surface area contributed by atoms with Gasteiger partial charge in [-0.05, 0) is 25.1 Å². The van der Waals surface area contributed by atoms with E-state index in [4.69, 9.17) is 39.5 Å². The van der Waals surface area contributed by atoms with Crippen molar-refractivity contribution < 1.29 is 9.53 Å². The summed E-state index contributed by atoms with van der Waals surface area (Å²) in [5.41, 5.74) is 0.383. The third-order valence-corrected chi connectivity index (χ3v) is 4.14. The van der Waals surface area contributed by atoms with Crippen LogP contribution >= 0.6 is 34.8 Å². The molecule has 0 aliphatic carbocycles. The van der Waals surface area contributed by atoms with Gasteiger partial charge in [0.1, 0.15) is 0 Å². The molecule has 0 spiro atoms. The molecule has 0 bridgehead atoms. The molecule has 116 valence electrons. The second kappa shape index (κ2) is 7.65. The Hall–Kier alpha value is -0.520. The van der Waals surface area contributed by atoms with Crippen LogP contribution in [-0.2, 0) is 9.53 Å². The summed E-state index contributed by atoms with van der Waals surface area (Å²) in [5.74, 6) is -0.424. The second-order valence-corrected chi connectivity index (χ2v) is 6.19. The largest absolute Gasteiger partial charge is 0.379 e. The number of amides is 1. The number of halogens is 3. The zero-order chi connectivity index (χ0) is 15.4. The highest BCUT2D eigenvalue weighted by molar-refractivity contribution is 6.42. The lowest BCUT2D eigenvalue weighted by Gasteiger charge is -2.19. The number of rotatable bonds is 5. The fraction of sp³-hybridized carbons (Fsp3) is 0.500. The average molecular weight is 352 g/mol. The van der Waals surface area contributed by atoms with E-state index in [9.17, 15) is 4.79 Å². The Balaban J connectivity index is 2.07. The van der Waals surface area contributed by atoms with Crippen molar-refractivity contribution in [1.29, 1.82) is 0 Å². The van der Waals surface area contributed by atoms with Gasteiger partial charge in [-0.2, -0.15) is 0 Å². The number of carbonyl (C=O) groups is 1. The maximum atomic E-state index is 12.4. The zero-order valence-corrected chi connectivity index (χ0v) is 13.9. The quantitative estimate of drug-likeness (QED) is 0.852. The third kappa shape index (κ3) is 4.24. The Labute approximate surface area is 139 Å². The summed E-state index contributed by atoms with van der Waals surface area (Å²) in [6.45, 7) is 3.83. The van der Waals surface area contributed by atoms with Gasteiger partial charge in [-0.15, -0.1) is 0 Å². The van der Waals surface area contributed by atoms with Gasteiger partial charge in [0.2, 0.25) is 5.91 Å². The second-order valence-electron chi connectivity index (χ2n) is 4.94. The van der Waals surface area contributed by atoms with E-state index in [1.54, 1.807) is 12.1 Å². The van der Waals surface area contributed by atoms with Crippen LogP contribution in [0.3, 0.4) is 0 Å². The van der Waals surface area contributed by atoms with E-state index in [1.807, 2.05) is 0 Å². The molecule has 1 aliphatic rings. The summed E-state index contributed by atoms with van der Waals surface area (Å²) in [6, 6.07) is 3.10. The third-order valence-electron chi connectivity index (χ3n) is 3.33. The van der Waals surface area contributed by atoms with E-state index in [1.165, 1.54) is 0 Å². The number of ether oxygens (including phenoxy) is 1. The van der Waals surface area contributed by atoms with Gasteiger partial charge in [0.15, 0.2) is 0 Å². The van der Waals surface area contributed by atoms with E-state index in [0.29, 0.717) is 34.0 Å². The first-order valence-corrected chi connectivity index (χ1v) is 7.92. The Morgan fingerprint density at radius 3 is 2.57 bits per heavy atom. The zero-order valence-electron chi connectivity index (χ0n) is 11.6. The highest BCUT2D eigenvalue weighted by atomic mass is 35.5. The Morgan fingerprint density at radius 1 is 1.29 bits per heavy atom. The minimum atomic E-state index is -0.264. The number of anilines is 1. The van der Waals surface area contributed by atoms with Crippen LogP contribution in [0, 0.1) is 5.92 Å². The van der Waals surface area contributed by atoms with E-state index in [-0.39, 0.29) is 17.9 Å². The minimum Gasteiger partial charge on any atom is -0.379 e. The topological polar surface area (TPSA) is 50.4 Å². The number of nitrogens with one attached hydrogen (secondary N) is 2. The van der Waals surface area contributed by atoms with Crippen molar-refractivity contribution in [2.45, 2.75) is 19.4 Å². The molecule has 1 aromatic rings. The average Bonchev–Trinajstić information content (AvgIpc) is 2.88. The standard InChI is InChI=1S/C14H17Cl3N2O2/c1-2-3-18-12-7-21-6-9(12)14(20)19-13-10(16)4-8(15)5-11(13)17/h4-5,9,12,18H,2-3,6-7H2,1H3,(H,19,20). The maximum Gasteiger partial charge on any atom is 0.231 e. The van der Waals surface area contributed by atoms with E-state index >= 15 is 0 Å². The summed E-state index contributed by atoms with van der Waals surface area (Å²) in [7, 11) is 0. The Kier molecular flexibility index (Phi) is 6.14. The van der Waals surface area contributed by atoms with Crippen molar-refractivity contribution in [3.8, 4) is 0 Å². The summed E-state index contributed by atoms with van der Waals surface area (Å²) in [6.07, 6.45) is 1.000. The number of hydrogen-bond acceptors (Lipinski definition) is 3. The number of carbonyl (C=O) groups excluding carboxylic acids is 1. The molecule has 1 heterocycles. The molecule has 2 N–H and O–H groups in total. The molecule has 0 radical (unpaired) electrons. The Morgan fingerprint density at radius 2 is 1.95 bits per heavy atom. The molecule has 4 nitrogen and oxygen atoms in total. The first-order valence-electron chi connectivity index (χ1n) is 6.79. The molecular weight excluding hydrogens is 335 g/mol. The molecule has 0 aromatic heterocycles. The Bertz CT molecular complexity index is 502. The van der Waals surface area contributed by atoms with Crippen LogP contribution < -0.4 is 10.6 Å². The monoisotopic (exact) mass is 350 g/mol. The molecule has 1 fully saturated rings. The molecule has 0 saturated carbocycles. The van der Waals surface area contributed by atoms with Crippen molar-refractivity contribution >= 4 is 46.4 Å². The van der Waals surface area contributed by atoms with Crippen molar-refractivity contribution in [3.05, 3.63) is 27.2 Å². The van der Waals surface area contributed by atoms with Gasteiger partial charge in [-0.3, -0.25) is 4.79 Å². The number of benzene rings is 1. The van der Waals surface area contributed by atoms with Gasteiger partial charge < -0.3 is 15.4 Å². The SMILES string of the molecule is CCCNC1COCC1C(=O)Nc1c(Cl)cc(Cl)cc1Cl. The lowest BCUT2D eigenvalue weighted by atomic mass is 10.0. The van der Waals surface area contributed by atoms with E-state index in [0.717, 1.165) is 13.0 Å². The molecule has 1 saturated heterocycles. The smallest absolute Gasteiger partial charge is 0.231 e. The van der Waals surface area contributed by atoms with Crippen LogP contribution in [0.1, 0.15) is 13.3 Å². The van der Waals surface area contributed by atoms with Crippen molar-refractivity contribution in [2.75, 3.05) is 25.1 Å². The fourth-order valence-electron chi connectivity index (χ4n) is 2.22. The van der Waals surface area contributed by atoms with Crippen LogP contribution in [0.4, 0.5) is 5.69 Å². The molecule has 2 atom stereocenters. The van der Waals surface area contributed by atoms with Gasteiger partial charge >= 0.3 is 0 Å². The summed E-state index contributed by atoms with van der Waals surface area (Å²) in [4.78, 5) is 12.4. The molecule has 2 unspecified atom stereocenters. The van der Waals surface area contributed by atoms with Crippen LogP contribution in [-0.4, -0.2) is 31.7 Å². The molecular formula is C14H17Cl3N2O2. The summed E-state index contributed by atoms with van der Waals surface area (Å²) >= 11 is 18.0. The highest BCUT2D eigenvalue weighted by Crippen LogP contribution is 2.34. The summed E-state index contributed by atoms with van der Waals surface area (Å²) < 4.78 is 5.39. The molecule has 21 heavy (non-hydrogen) atoms. The lowest BCUT2D eigenvalue weighted by Crippen LogP contribution is -2.41. The molecule has 1 aromatic carbocycles. The molecule has 1 amide bonds. The van der Waals surface area contributed by atoms with Crippen LogP contribution in [0.15, 0.2) is 12.1 Å². The van der Waals surface area contributed by atoms with Gasteiger partial charge in [0.25, 0.3) is 0 Å². The normalized spacial score (nSPS) is 21.5. The number of hydrogen-bond donors (Lipinski definition) is 2. The summed E-state index contributed by atoms with van der Waals surface area (Å²) in [5, 5.41) is 7.15. The van der Waals surface area contributed by atoms with Crippen molar-refractivity contribution in [1.82, 2.24) is 5.32 Å². The van der Waals surface area contributed by atoms with E-state index < -0.39 is 0 Å². The van der Waals surface area contributed by atoms with Gasteiger partial charge in [0.05, 0.1) is 34.9 Å². The molecule has 1 aliphatic heterocycles. The van der Waals surface area contributed by atoms with Crippen molar-refractivity contribution in [2.24, 2.45) is 5.92 Å². The predicted molar refractivity (Wildman–Crippen MR) is 86.5 cm³/mol. The van der Waals surface area contributed by atoms with E-state index in [2.05, 4.69) is 17.6 Å². The first-order chi connectivity index (χ1) is 10.0. The van der Waals surface area contributed by atoms with Crippen LogP contribution in [0.2, 0.25) is 15.1 Å². The molecule has 2 rings (SSSR count). The maximum absolute atomic E-state index is 12.4. The van der Waals surface area contributed by atoms with Gasteiger partial charge in [-0.1, -0.05) is 41.7 Å². The van der Waals surface area contributed by atoms with Gasteiger partial charge in [0, 0.05) is 11.1 Å². The van der Waals surface area contributed by atoms with Crippen LogP contribution in [0.5, 0.6) is 0 Å². The van der Waals surface area contributed by atoms with Crippen LogP contribution in [0.25, 0.3) is 0 Å². The predicted octanol–water partition coefficient (Wildman–Crippen LogP) is 3.60. The highest BCUT2D eigenvalue weighted by Gasteiger charge is 2.34. The van der Waals surface area contributed by atoms with Gasteiger partial charge in [-0.25, -0.2) is 0 Å². The van der Waals surface area contributed by atoms with Crippen molar-refractivity contribution in [3.63, 3.8) is 0 Å². The first kappa shape index (κ1) is 16.8. The lowest BCUT2D eigenvalue weighted by molar-refractivity contribution is -0.120. The fourth-order valence-corrected chi connectivity index (χ4v) is 3.13. The molecule has 7 heteroatoms.